The van der Waals surface area contributed by atoms with E-state index in [2.05, 4.69) is 20.3 Å². The zero-order valence-electron chi connectivity index (χ0n) is 17.2. The van der Waals surface area contributed by atoms with E-state index in [1.807, 2.05) is 12.1 Å². The topological polar surface area (TPSA) is 123 Å². The minimum absolute atomic E-state index is 0.0127. The second-order valence-electron chi connectivity index (χ2n) is 6.72. The highest BCUT2D eigenvalue weighted by atomic mass is 16.6. The van der Waals surface area contributed by atoms with Crippen molar-refractivity contribution in [3.63, 3.8) is 0 Å². The third-order valence-electron chi connectivity index (χ3n) is 4.87. The highest BCUT2D eigenvalue weighted by Crippen LogP contribution is 2.38. The molecule has 0 amide bonds. The van der Waals surface area contributed by atoms with Gasteiger partial charge in [-0.05, 0) is 36.4 Å². The predicted molar refractivity (Wildman–Crippen MR) is 120 cm³/mol. The molecule has 4 aromatic rings. The van der Waals surface area contributed by atoms with Crippen molar-refractivity contribution in [2.75, 3.05) is 24.4 Å². The van der Waals surface area contributed by atoms with E-state index in [4.69, 9.17) is 4.74 Å². The summed E-state index contributed by atoms with van der Waals surface area (Å²) in [6.07, 6.45) is 2.90. The van der Waals surface area contributed by atoms with Gasteiger partial charge in [-0.2, -0.15) is 0 Å². The predicted octanol–water partition coefficient (Wildman–Crippen LogP) is 4.23. The first-order valence-corrected chi connectivity index (χ1v) is 9.52. The van der Waals surface area contributed by atoms with Crippen LogP contribution in [0, 0.1) is 10.1 Å². The largest absolute Gasteiger partial charge is 0.465 e. The number of rotatable bonds is 6. The number of para-hydroxylation sites is 1. The first-order chi connectivity index (χ1) is 15.5. The van der Waals surface area contributed by atoms with E-state index in [1.165, 1.54) is 18.3 Å². The Morgan fingerprint density at radius 2 is 1.88 bits per heavy atom. The Morgan fingerprint density at radius 3 is 2.66 bits per heavy atom. The molecule has 0 spiro atoms. The molecule has 1 N–H and O–H groups in total. The lowest BCUT2D eigenvalue weighted by Crippen LogP contribution is -2.18. The van der Waals surface area contributed by atoms with Gasteiger partial charge < -0.3 is 15.0 Å². The van der Waals surface area contributed by atoms with Crippen LogP contribution in [0.1, 0.15) is 10.4 Å². The molecule has 0 aliphatic heterocycles. The van der Waals surface area contributed by atoms with Crippen LogP contribution in [0.5, 0.6) is 0 Å². The molecule has 0 aliphatic rings. The first kappa shape index (κ1) is 20.7. The number of ether oxygens (including phenoxy) is 1. The molecule has 4 rings (SSSR count). The Kier molecular flexibility index (Phi) is 5.58. The Labute approximate surface area is 182 Å². The summed E-state index contributed by atoms with van der Waals surface area (Å²) in [5.41, 5.74) is 1.66. The number of benzene rings is 2. The molecule has 2 heterocycles. The SMILES string of the molecule is COC(=O)c1ccccc1N(C)c1ncnc(Nc2cccc3ncccc23)c1[N+](=O)[O-]. The van der Waals surface area contributed by atoms with Gasteiger partial charge in [0.25, 0.3) is 0 Å². The van der Waals surface area contributed by atoms with E-state index in [-0.39, 0.29) is 22.9 Å². The van der Waals surface area contributed by atoms with Crippen LogP contribution in [0.25, 0.3) is 10.9 Å². The number of nitrogens with one attached hydrogen (secondary N) is 1. The normalized spacial score (nSPS) is 10.6. The zero-order valence-corrected chi connectivity index (χ0v) is 17.2. The summed E-state index contributed by atoms with van der Waals surface area (Å²) in [5.74, 6) is -0.535. The first-order valence-electron chi connectivity index (χ1n) is 9.52. The summed E-state index contributed by atoms with van der Waals surface area (Å²) in [6, 6.07) is 15.7. The molecule has 2 aromatic heterocycles. The van der Waals surface area contributed by atoms with E-state index in [1.54, 1.807) is 55.7 Å². The molecule has 10 heteroatoms. The van der Waals surface area contributed by atoms with E-state index in [0.29, 0.717) is 11.4 Å². The van der Waals surface area contributed by atoms with E-state index in [0.717, 1.165) is 10.9 Å². The van der Waals surface area contributed by atoms with Crippen molar-refractivity contribution in [2.45, 2.75) is 0 Å². The van der Waals surface area contributed by atoms with Gasteiger partial charge in [-0.15, -0.1) is 0 Å². The maximum Gasteiger partial charge on any atom is 0.354 e. The van der Waals surface area contributed by atoms with Gasteiger partial charge in [0.1, 0.15) is 6.33 Å². The number of methoxy groups -OCH3 is 1. The minimum Gasteiger partial charge on any atom is -0.465 e. The number of fused-ring (bicyclic) bond motifs is 1. The van der Waals surface area contributed by atoms with Gasteiger partial charge in [-0.3, -0.25) is 15.1 Å². The summed E-state index contributed by atoms with van der Waals surface area (Å²) in [6.45, 7) is 0. The van der Waals surface area contributed by atoms with E-state index in [9.17, 15) is 14.9 Å². The molecule has 2 aromatic carbocycles. The molecular weight excluding hydrogens is 412 g/mol. The van der Waals surface area contributed by atoms with Crippen molar-refractivity contribution in [3.8, 4) is 0 Å². The molecule has 0 saturated heterocycles. The van der Waals surface area contributed by atoms with Crippen molar-refractivity contribution in [3.05, 3.63) is 82.8 Å². The summed E-state index contributed by atoms with van der Waals surface area (Å²) >= 11 is 0. The fourth-order valence-electron chi connectivity index (χ4n) is 3.38. The standard InChI is InChI=1S/C22H18N6O4/c1-27(18-11-4-3-7-15(18)22(29)32-2)21-19(28(30)31)20(24-13-25-21)26-17-10-5-9-16-14(17)8-6-12-23-16/h3-13H,1-2H3,(H,24,25,26). The van der Waals surface area contributed by atoms with Crippen molar-refractivity contribution in [1.82, 2.24) is 15.0 Å². The van der Waals surface area contributed by atoms with Crippen LogP contribution < -0.4 is 10.2 Å². The second kappa shape index (κ2) is 8.64. The lowest BCUT2D eigenvalue weighted by molar-refractivity contribution is -0.383. The van der Waals surface area contributed by atoms with Crippen LogP contribution in [-0.2, 0) is 4.74 Å². The third kappa shape index (κ3) is 3.76. The van der Waals surface area contributed by atoms with Crippen molar-refractivity contribution < 1.29 is 14.5 Å². The molecule has 0 radical (unpaired) electrons. The molecule has 0 saturated carbocycles. The number of carbonyl (C=O) groups is 1. The maximum atomic E-state index is 12.2. The summed E-state index contributed by atoms with van der Waals surface area (Å²) in [7, 11) is 2.86. The number of anilines is 4. The van der Waals surface area contributed by atoms with Crippen molar-refractivity contribution in [2.24, 2.45) is 0 Å². The Hall–Kier alpha value is -4.60. The molecule has 160 valence electrons. The van der Waals surface area contributed by atoms with Crippen LogP contribution in [0.2, 0.25) is 0 Å². The van der Waals surface area contributed by atoms with Crippen molar-refractivity contribution >= 4 is 45.6 Å². The number of hydrogen-bond acceptors (Lipinski definition) is 9. The molecule has 0 atom stereocenters. The van der Waals surface area contributed by atoms with Crippen LogP contribution in [0.3, 0.4) is 0 Å². The average Bonchev–Trinajstić information content (AvgIpc) is 2.83. The quantitative estimate of drug-likeness (QED) is 0.272. The molecule has 0 aliphatic carbocycles. The molecular formula is C22H18N6O4. The third-order valence-corrected chi connectivity index (χ3v) is 4.87. The van der Waals surface area contributed by atoms with E-state index < -0.39 is 10.9 Å². The van der Waals surface area contributed by atoms with E-state index >= 15 is 0 Å². The fraction of sp³-hybridized carbons (Fsp3) is 0.0909. The molecule has 10 nitrogen and oxygen atoms in total. The highest BCUT2D eigenvalue weighted by molar-refractivity contribution is 5.98. The van der Waals surface area contributed by atoms with Crippen molar-refractivity contribution in [1.29, 1.82) is 0 Å². The lowest BCUT2D eigenvalue weighted by Gasteiger charge is -2.21. The fourth-order valence-corrected chi connectivity index (χ4v) is 3.38. The number of aromatic nitrogens is 3. The van der Waals surface area contributed by atoms with Gasteiger partial charge in [0.2, 0.25) is 11.6 Å². The minimum atomic E-state index is -0.564. The van der Waals surface area contributed by atoms with Gasteiger partial charge in [0.05, 0.1) is 28.8 Å². The van der Waals surface area contributed by atoms with Gasteiger partial charge in [0, 0.05) is 24.3 Å². The summed E-state index contributed by atoms with van der Waals surface area (Å²) < 4.78 is 4.83. The molecule has 0 unspecified atom stereocenters. The highest BCUT2D eigenvalue weighted by Gasteiger charge is 2.28. The number of esters is 1. The Balaban J connectivity index is 1.82. The van der Waals surface area contributed by atoms with Gasteiger partial charge in [-0.25, -0.2) is 14.8 Å². The smallest absolute Gasteiger partial charge is 0.354 e. The number of hydrogen-bond donors (Lipinski definition) is 1. The molecule has 0 fully saturated rings. The van der Waals surface area contributed by atoms with Crippen LogP contribution in [0.4, 0.5) is 28.7 Å². The van der Waals surface area contributed by atoms with Gasteiger partial charge in [0.15, 0.2) is 0 Å². The van der Waals surface area contributed by atoms with Gasteiger partial charge >= 0.3 is 11.7 Å². The Morgan fingerprint density at radius 1 is 1.06 bits per heavy atom. The maximum absolute atomic E-state index is 12.2. The Bertz CT molecular complexity index is 1320. The second-order valence-corrected chi connectivity index (χ2v) is 6.72. The lowest BCUT2D eigenvalue weighted by atomic mass is 10.1. The monoisotopic (exact) mass is 430 g/mol. The average molecular weight is 430 g/mol. The molecule has 0 bridgehead atoms. The molecule has 32 heavy (non-hydrogen) atoms. The number of nitro groups is 1. The number of carbonyl (C=O) groups excluding carboxylic acids is 1. The number of nitrogens with zero attached hydrogens (tertiary/aromatic N) is 5. The summed E-state index contributed by atoms with van der Waals surface area (Å²) in [4.78, 5) is 37.7. The van der Waals surface area contributed by atoms with Crippen LogP contribution in [0.15, 0.2) is 67.1 Å². The van der Waals surface area contributed by atoms with Gasteiger partial charge in [-0.1, -0.05) is 18.2 Å². The van der Waals surface area contributed by atoms with Crippen LogP contribution in [-0.4, -0.2) is 40.0 Å². The van der Waals surface area contributed by atoms with Crippen LogP contribution >= 0.6 is 0 Å². The zero-order chi connectivity index (χ0) is 22.7. The number of pyridine rings is 1. The summed E-state index contributed by atoms with van der Waals surface area (Å²) in [5, 5.41) is 15.9.